The molecular formula is C9H18N2O2. The Kier molecular flexibility index (Phi) is 4.45. The maximum Gasteiger partial charge on any atom is 0.240 e. The van der Waals surface area contributed by atoms with Crippen LogP contribution in [-0.2, 0) is 9.59 Å². The van der Waals surface area contributed by atoms with Crippen LogP contribution in [-0.4, -0.2) is 17.9 Å². The van der Waals surface area contributed by atoms with E-state index in [0.29, 0.717) is 0 Å². The summed E-state index contributed by atoms with van der Waals surface area (Å²) in [6.07, 6.45) is 0. The number of carbonyl (C=O) groups excluding carboxylic acids is 2. The molecule has 0 unspecified atom stereocenters. The van der Waals surface area contributed by atoms with E-state index in [0.717, 1.165) is 0 Å². The van der Waals surface area contributed by atoms with Gasteiger partial charge in [0.05, 0.1) is 0 Å². The molecule has 0 aromatic carbocycles. The molecule has 0 fully saturated rings. The Morgan fingerprint density at radius 3 is 1.85 bits per heavy atom. The van der Waals surface area contributed by atoms with Crippen LogP contribution in [0.2, 0.25) is 0 Å². The first kappa shape index (κ1) is 11.9. The van der Waals surface area contributed by atoms with Crippen molar-refractivity contribution in [1.29, 1.82) is 0 Å². The maximum atomic E-state index is 11.2. The van der Waals surface area contributed by atoms with Gasteiger partial charge >= 0.3 is 0 Å². The van der Waals surface area contributed by atoms with Crippen molar-refractivity contribution in [2.75, 3.05) is 0 Å². The van der Waals surface area contributed by atoms with E-state index in [1.165, 1.54) is 0 Å². The highest BCUT2D eigenvalue weighted by Gasteiger charge is 2.22. The first-order valence-corrected chi connectivity index (χ1v) is 4.46. The predicted molar refractivity (Wildman–Crippen MR) is 50.8 cm³/mol. The molecule has 0 aromatic heterocycles. The largest absolute Gasteiger partial charge is 0.368 e. The summed E-state index contributed by atoms with van der Waals surface area (Å²) in [7, 11) is 0. The molecule has 3 N–H and O–H groups in total. The van der Waals surface area contributed by atoms with Crippen LogP contribution in [0.1, 0.15) is 27.7 Å². The van der Waals surface area contributed by atoms with Gasteiger partial charge in [-0.2, -0.15) is 0 Å². The fourth-order valence-electron chi connectivity index (χ4n) is 0.886. The zero-order chi connectivity index (χ0) is 10.6. The second kappa shape index (κ2) is 4.84. The van der Waals surface area contributed by atoms with Gasteiger partial charge in [0.25, 0.3) is 0 Å². The van der Waals surface area contributed by atoms with Crippen molar-refractivity contribution < 1.29 is 9.59 Å². The molecule has 13 heavy (non-hydrogen) atoms. The molecule has 4 heteroatoms. The zero-order valence-electron chi connectivity index (χ0n) is 8.63. The van der Waals surface area contributed by atoms with Crippen molar-refractivity contribution in [3.05, 3.63) is 0 Å². The number of hydrogen-bond donors (Lipinski definition) is 2. The molecule has 0 aromatic rings. The Hall–Kier alpha value is -1.06. The van der Waals surface area contributed by atoms with Gasteiger partial charge in [0.15, 0.2) is 0 Å². The molecule has 0 aliphatic carbocycles. The molecule has 0 spiro atoms. The van der Waals surface area contributed by atoms with Gasteiger partial charge in [-0.25, -0.2) is 0 Å². The van der Waals surface area contributed by atoms with E-state index < -0.39 is 11.9 Å². The number of rotatable bonds is 4. The quantitative estimate of drug-likeness (QED) is 0.661. The summed E-state index contributed by atoms with van der Waals surface area (Å²) in [4.78, 5) is 22.1. The monoisotopic (exact) mass is 186 g/mol. The lowest BCUT2D eigenvalue weighted by atomic mass is 10.0. The first-order chi connectivity index (χ1) is 5.86. The smallest absolute Gasteiger partial charge is 0.240 e. The normalized spacial score (nSPS) is 13.1. The standard InChI is InChI=1S/C9H18N2O2/c1-5(2)7(8(10)12)11-9(13)6(3)4/h5-7H,1-4H3,(H2,10,12)(H,11,13)/t7-/m1/s1. The topological polar surface area (TPSA) is 72.2 Å². The van der Waals surface area contributed by atoms with E-state index in [9.17, 15) is 9.59 Å². The van der Waals surface area contributed by atoms with Crippen molar-refractivity contribution in [2.45, 2.75) is 33.7 Å². The molecule has 0 heterocycles. The molecule has 0 aliphatic heterocycles. The number of nitrogens with one attached hydrogen (secondary N) is 1. The fraction of sp³-hybridized carbons (Fsp3) is 0.778. The third kappa shape index (κ3) is 3.92. The molecule has 0 rings (SSSR count). The van der Waals surface area contributed by atoms with Gasteiger partial charge in [0.1, 0.15) is 6.04 Å². The van der Waals surface area contributed by atoms with Crippen molar-refractivity contribution in [2.24, 2.45) is 17.6 Å². The van der Waals surface area contributed by atoms with Crippen LogP contribution in [0.3, 0.4) is 0 Å². The molecule has 0 bridgehead atoms. The molecular weight excluding hydrogens is 168 g/mol. The first-order valence-electron chi connectivity index (χ1n) is 4.46. The predicted octanol–water partition coefficient (Wildman–Crippen LogP) is 0.268. The van der Waals surface area contributed by atoms with Crippen molar-refractivity contribution in [1.82, 2.24) is 5.32 Å². The molecule has 1 atom stereocenters. The van der Waals surface area contributed by atoms with Crippen molar-refractivity contribution in [3.63, 3.8) is 0 Å². The number of primary amides is 1. The summed E-state index contributed by atoms with van der Waals surface area (Å²) < 4.78 is 0. The van der Waals surface area contributed by atoms with E-state index in [1.807, 2.05) is 13.8 Å². The molecule has 4 nitrogen and oxygen atoms in total. The lowest BCUT2D eigenvalue weighted by Crippen LogP contribution is -2.48. The van der Waals surface area contributed by atoms with Crippen molar-refractivity contribution in [3.8, 4) is 0 Å². The minimum absolute atomic E-state index is 0.0280. The average molecular weight is 186 g/mol. The van der Waals surface area contributed by atoms with Gasteiger partial charge < -0.3 is 11.1 Å². The van der Waals surface area contributed by atoms with Gasteiger partial charge in [-0.1, -0.05) is 27.7 Å². The molecule has 2 amide bonds. The van der Waals surface area contributed by atoms with E-state index >= 15 is 0 Å². The highest BCUT2D eigenvalue weighted by Crippen LogP contribution is 2.02. The summed E-state index contributed by atoms with van der Waals surface area (Å²) in [5, 5.41) is 2.60. The van der Waals surface area contributed by atoms with E-state index in [1.54, 1.807) is 13.8 Å². The second-order valence-electron chi connectivity index (χ2n) is 3.79. The van der Waals surface area contributed by atoms with E-state index in [2.05, 4.69) is 5.32 Å². The lowest BCUT2D eigenvalue weighted by molar-refractivity contribution is -0.130. The fourth-order valence-corrected chi connectivity index (χ4v) is 0.886. The van der Waals surface area contributed by atoms with E-state index in [4.69, 9.17) is 5.73 Å². The van der Waals surface area contributed by atoms with Crippen LogP contribution in [0.25, 0.3) is 0 Å². The van der Waals surface area contributed by atoms with E-state index in [-0.39, 0.29) is 17.7 Å². The summed E-state index contributed by atoms with van der Waals surface area (Å²) >= 11 is 0. The third-order valence-corrected chi connectivity index (χ3v) is 1.80. The zero-order valence-corrected chi connectivity index (χ0v) is 8.63. The highest BCUT2D eigenvalue weighted by atomic mass is 16.2. The second-order valence-corrected chi connectivity index (χ2v) is 3.79. The van der Waals surface area contributed by atoms with Gasteiger partial charge in [0.2, 0.25) is 11.8 Å². The van der Waals surface area contributed by atoms with Crippen LogP contribution in [0.5, 0.6) is 0 Å². The third-order valence-electron chi connectivity index (χ3n) is 1.80. The summed E-state index contributed by atoms with van der Waals surface area (Å²) in [6.45, 7) is 7.23. The van der Waals surface area contributed by atoms with Crippen molar-refractivity contribution >= 4 is 11.8 Å². The molecule has 0 saturated carbocycles. The minimum Gasteiger partial charge on any atom is -0.368 e. The Morgan fingerprint density at radius 2 is 1.62 bits per heavy atom. The number of carbonyl (C=O) groups is 2. The molecule has 0 aliphatic rings. The van der Waals surface area contributed by atoms with Crippen LogP contribution in [0.4, 0.5) is 0 Å². The Labute approximate surface area is 78.9 Å². The lowest BCUT2D eigenvalue weighted by Gasteiger charge is -2.19. The van der Waals surface area contributed by atoms with Gasteiger partial charge in [0, 0.05) is 5.92 Å². The number of nitrogens with two attached hydrogens (primary N) is 1. The van der Waals surface area contributed by atoms with Crippen LogP contribution in [0, 0.1) is 11.8 Å². The average Bonchev–Trinajstić information content (AvgIpc) is 1.97. The number of hydrogen-bond acceptors (Lipinski definition) is 2. The Balaban J connectivity index is 4.27. The SMILES string of the molecule is CC(C)C(=O)N[C@@H](C(N)=O)C(C)C. The summed E-state index contributed by atoms with van der Waals surface area (Å²) in [5.41, 5.74) is 5.13. The summed E-state index contributed by atoms with van der Waals surface area (Å²) in [5.74, 6) is -0.720. The molecule has 0 saturated heterocycles. The van der Waals surface area contributed by atoms with Gasteiger partial charge in [-0.3, -0.25) is 9.59 Å². The van der Waals surface area contributed by atoms with Crippen LogP contribution < -0.4 is 11.1 Å². The Morgan fingerprint density at radius 1 is 1.15 bits per heavy atom. The van der Waals surface area contributed by atoms with Crippen LogP contribution in [0.15, 0.2) is 0 Å². The minimum atomic E-state index is -0.560. The van der Waals surface area contributed by atoms with Gasteiger partial charge in [-0.15, -0.1) is 0 Å². The summed E-state index contributed by atoms with van der Waals surface area (Å²) in [6, 6.07) is -0.560. The van der Waals surface area contributed by atoms with Gasteiger partial charge in [-0.05, 0) is 5.92 Å². The maximum absolute atomic E-state index is 11.2. The molecule has 0 radical (unpaired) electrons. The van der Waals surface area contributed by atoms with Crippen LogP contribution >= 0.6 is 0 Å². The highest BCUT2D eigenvalue weighted by molar-refractivity contribution is 5.87. The molecule has 76 valence electrons. The number of amides is 2. The Bertz CT molecular complexity index is 200.